The Bertz CT molecular complexity index is 824. The number of hydrogen-bond donors (Lipinski definition) is 1. The summed E-state index contributed by atoms with van der Waals surface area (Å²) in [6.45, 7) is 4.57. The van der Waals surface area contributed by atoms with Crippen LogP contribution in [-0.4, -0.2) is 37.1 Å². The quantitative estimate of drug-likeness (QED) is 0.787. The maximum absolute atomic E-state index is 12.9. The average Bonchev–Trinajstić information content (AvgIpc) is 3.22. The SMILES string of the molecule is Cc1noc(C)c1C1CCCN1C(=O)c1c[nH]n2ccnc12. The Morgan fingerprint density at radius 3 is 3.09 bits per heavy atom. The number of aromatic nitrogens is 4. The zero-order valence-electron chi connectivity index (χ0n) is 12.5. The van der Waals surface area contributed by atoms with Gasteiger partial charge in [-0.2, -0.15) is 0 Å². The lowest BCUT2D eigenvalue weighted by molar-refractivity contribution is 0.0736. The molecule has 1 saturated heterocycles. The molecule has 1 atom stereocenters. The van der Waals surface area contributed by atoms with Gasteiger partial charge >= 0.3 is 0 Å². The summed E-state index contributed by atoms with van der Waals surface area (Å²) in [6.07, 6.45) is 7.10. The number of imidazole rings is 1. The number of H-pyrrole nitrogens is 1. The molecule has 1 aliphatic heterocycles. The van der Waals surface area contributed by atoms with E-state index in [1.165, 1.54) is 0 Å². The van der Waals surface area contributed by atoms with Crippen molar-refractivity contribution >= 4 is 11.6 Å². The van der Waals surface area contributed by atoms with Gasteiger partial charge in [0, 0.05) is 30.7 Å². The monoisotopic (exact) mass is 299 g/mol. The highest BCUT2D eigenvalue weighted by Gasteiger charge is 2.35. The molecule has 3 aromatic rings. The number of fused-ring (bicyclic) bond motifs is 1. The second-order valence-electron chi connectivity index (χ2n) is 5.70. The van der Waals surface area contributed by atoms with Gasteiger partial charge in [0.05, 0.1) is 11.7 Å². The molecular weight excluding hydrogens is 282 g/mol. The van der Waals surface area contributed by atoms with Crippen molar-refractivity contribution in [2.24, 2.45) is 0 Å². The van der Waals surface area contributed by atoms with Gasteiger partial charge in [0.15, 0.2) is 5.65 Å². The molecule has 1 unspecified atom stereocenters. The molecular formula is C15H17N5O2. The Balaban J connectivity index is 1.72. The van der Waals surface area contributed by atoms with Crippen molar-refractivity contribution in [1.82, 2.24) is 24.7 Å². The molecule has 1 N–H and O–H groups in total. The number of aryl methyl sites for hydroxylation is 2. The summed E-state index contributed by atoms with van der Waals surface area (Å²) < 4.78 is 7.02. The fraction of sp³-hybridized carbons (Fsp3) is 0.400. The molecule has 0 radical (unpaired) electrons. The first-order valence-electron chi connectivity index (χ1n) is 7.41. The Kier molecular flexibility index (Phi) is 2.82. The van der Waals surface area contributed by atoms with Crippen LogP contribution in [0.4, 0.5) is 0 Å². The Morgan fingerprint density at radius 1 is 1.45 bits per heavy atom. The number of rotatable bonds is 2. The fourth-order valence-electron chi connectivity index (χ4n) is 3.39. The van der Waals surface area contributed by atoms with E-state index >= 15 is 0 Å². The van der Waals surface area contributed by atoms with E-state index in [-0.39, 0.29) is 11.9 Å². The largest absolute Gasteiger partial charge is 0.361 e. The first-order valence-corrected chi connectivity index (χ1v) is 7.41. The fourth-order valence-corrected chi connectivity index (χ4v) is 3.39. The van der Waals surface area contributed by atoms with Crippen molar-refractivity contribution in [2.75, 3.05) is 6.54 Å². The van der Waals surface area contributed by atoms with Crippen LogP contribution in [0, 0.1) is 13.8 Å². The van der Waals surface area contributed by atoms with E-state index in [2.05, 4.69) is 15.2 Å². The summed E-state index contributed by atoms with van der Waals surface area (Å²) in [6, 6.07) is 0.0312. The average molecular weight is 299 g/mol. The van der Waals surface area contributed by atoms with Gasteiger partial charge in [0.1, 0.15) is 11.3 Å². The van der Waals surface area contributed by atoms with Gasteiger partial charge in [0.25, 0.3) is 5.91 Å². The zero-order chi connectivity index (χ0) is 15.3. The molecule has 0 aromatic carbocycles. The second kappa shape index (κ2) is 4.72. The van der Waals surface area contributed by atoms with Crippen LogP contribution in [0.5, 0.6) is 0 Å². The van der Waals surface area contributed by atoms with E-state index in [4.69, 9.17) is 4.52 Å². The maximum Gasteiger partial charge on any atom is 0.259 e. The van der Waals surface area contributed by atoms with E-state index < -0.39 is 0 Å². The highest BCUT2D eigenvalue weighted by molar-refractivity contribution is 6.00. The van der Waals surface area contributed by atoms with Gasteiger partial charge in [0.2, 0.25) is 0 Å². The van der Waals surface area contributed by atoms with E-state index in [1.54, 1.807) is 23.1 Å². The molecule has 4 rings (SSSR count). The van der Waals surface area contributed by atoms with Gasteiger partial charge in [-0.3, -0.25) is 9.89 Å². The smallest absolute Gasteiger partial charge is 0.259 e. The number of hydrogen-bond acceptors (Lipinski definition) is 4. The predicted octanol–water partition coefficient (Wildman–Crippen LogP) is 2.24. The van der Waals surface area contributed by atoms with Gasteiger partial charge in [-0.15, -0.1) is 0 Å². The van der Waals surface area contributed by atoms with Crippen LogP contribution in [0.3, 0.4) is 0 Å². The van der Waals surface area contributed by atoms with Gasteiger partial charge < -0.3 is 9.42 Å². The number of carbonyl (C=O) groups excluding carboxylic acids is 1. The van der Waals surface area contributed by atoms with Crippen LogP contribution in [0.25, 0.3) is 5.65 Å². The van der Waals surface area contributed by atoms with Crippen LogP contribution in [0.2, 0.25) is 0 Å². The summed E-state index contributed by atoms with van der Waals surface area (Å²) in [4.78, 5) is 19.1. The van der Waals surface area contributed by atoms with Crippen molar-refractivity contribution in [1.29, 1.82) is 0 Å². The minimum absolute atomic E-state index is 0.0000463. The van der Waals surface area contributed by atoms with Crippen molar-refractivity contribution in [3.05, 3.63) is 41.2 Å². The van der Waals surface area contributed by atoms with Crippen LogP contribution >= 0.6 is 0 Å². The van der Waals surface area contributed by atoms with Gasteiger partial charge in [-0.1, -0.05) is 5.16 Å². The van der Waals surface area contributed by atoms with Crippen LogP contribution in [0.1, 0.15) is 46.3 Å². The molecule has 1 fully saturated rings. The Labute approximate surface area is 126 Å². The van der Waals surface area contributed by atoms with Crippen LogP contribution < -0.4 is 0 Å². The second-order valence-corrected chi connectivity index (χ2v) is 5.70. The normalized spacial score (nSPS) is 18.5. The first kappa shape index (κ1) is 13.1. The third-order valence-electron chi connectivity index (χ3n) is 4.40. The lowest BCUT2D eigenvalue weighted by atomic mass is 10.0. The van der Waals surface area contributed by atoms with Gasteiger partial charge in [-0.25, -0.2) is 9.50 Å². The van der Waals surface area contributed by atoms with Gasteiger partial charge in [-0.05, 0) is 26.7 Å². The molecule has 114 valence electrons. The van der Waals surface area contributed by atoms with Crippen molar-refractivity contribution < 1.29 is 9.32 Å². The van der Waals surface area contributed by atoms with Crippen molar-refractivity contribution in [3.63, 3.8) is 0 Å². The van der Waals surface area contributed by atoms with Crippen LogP contribution in [-0.2, 0) is 0 Å². The third kappa shape index (κ3) is 1.78. The molecule has 22 heavy (non-hydrogen) atoms. The summed E-state index contributed by atoms with van der Waals surface area (Å²) >= 11 is 0. The summed E-state index contributed by atoms with van der Waals surface area (Å²) in [7, 11) is 0. The molecule has 1 aliphatic rings. The number of nitrogens with one attached hydrogen (secondary N) is 1. The summed E-state index contributed by atoms with van der Waals surface area (Å²) in [5.41, 5.74) is 3.17. The number of amides is 1. The summed E-state index contributed by atoms with van der Waals surface area (Å²) in [5.74, 6) is 0.794. The minimum atomic E-state index is -0.0000463. The standard InChI is InChI=1S/C15H17N5O2/c1-9-13(10(2)22-18-9)12-4-3-6-19(12)15(21)11-8-17-20-7-5-16-14(11)20/h5,7-8,12,17H,3-4,6H2,1-2H3. The number of nitrogens with zero attached hydrogens (tertiary/aromatic N) is 4. The molecule has 1 amide bonds. The maximum atomic E-state index is 12.9. The third-order valence-corrected chi connectivity index (χ3v) is 4.40. The molecule has 7 heteroatoms. The lowest BCUT2D eigenvalue weighted by Gasteiger charge is -2.24. The molecule has 0 saturated carbocycles. The highest BCUT2D eigenvalue weighted by atomic mass is 16.5. The Morgan fingerprint density at radius 2 is 2.32 bits per heavy atom. The molecule has 0 aliphatic carbocycles. The molecule has 0 bridgehead atoms. The van der Waals surface area contributed by atoms with Crippen molar-refractivity contribution in [3.8, 4) is 0 Å². The predicted molar refractivity (Wildman–Crippen MR) is 78.5 cm³/mol. The van der Waals surface area contributed by atoms with E-state index in [1.807, 2.05) is 18.7 Å². The Hall–Kier alpha value is -2.57. The minimum Gasteiger partial charge on any atom is -0.361 e. The van der Waals surface area contributed by atoms with E-state index in [0.29, 0.717) is 11.2 Å². The van der Waals surface area contributed by atoms with Crippen LogP contribution in [0.15, 0.2) is 23.1 Å². The highest BCUT2D eigenvalue weighted by Crippen LogP contribution is 2.36. The first-order chi connectivity index (χ1) is 10.7. The van der Waals surface area contributed by atoms with E-state index in [9.17, 15) is 4.79 Å². The topological polar surface area (TPSA) is 79.4 Å². The molecule has 3 aromatic heterocycles. The van der Waals surface area contributed by atoms with Crippen molar-refractivity contribution in [2.45, 2.75) is 32.7 Å². The zero-order valence-corrected chi connectivity index (χ0v) is 12.5. The molecule has 0 spiro atoms. The molecule has 4 heterocycles. The number of aromatic amines is 1. The van der Waals surface area contributed by atoms with E-state index in [0.717, 1.165) is 36.4 Å². The lowest BCUT2D eigenvalue weighted by Crippen LogP contribution is -2.31. The summed E-state index contributed by atoms with van der Waals surface area (Å²) in [5, 5.41) is 7.04. The molecule has 7 nitrogen and oxygen atoms in total. The number of likely N-dealkylation sites (tertiary alicyclic amines) is 1. The number of carbonyl (C=O) groups is 1.